The minimum atomic E-state index is -0.552. The van der Waals surface area contributed by atoms with Crippen LogP contribution in [0.1, 0.15) is 25.5 Å². The number of fused-ring (bicyclic) bond motifs is 1. The summed E-state index contributed by atoms with van der Waals surface area (Å²) in [6, 6.07) is 7.89. The molecule has 0 aliphatic carbocycles. The van der Waals surface area contributed by atoms with E-state index in [1.54, 1.807) is 0 Å². The van der Waals surface area contributed by atoms with Crippen LogP contribution in [0.4, 0.5) is 0 Å². The number of benzene rings is 1. The first-order chi connectivity index (χ1) is 7.43. The van der Waals surface area contributed by atoms with Crippen LogP contribution in [0.5, 0.6) is 5.75 Å². The molecule has 0 saturated carbocycles. The van der Waals surface area contributed by atoms with Gasteiger partial charge in [-0.2, -0.15) is 0 Å². The second-order valence-electron chi connectivity index (χ2n) is 5.10. The molecule has 0 spiro atoms. The molecule has 96 valence electrons. The summed E-state index contributed by atoms with van der Waals surface area (Å²) in [4.78, 5) is 2.04. The van der Waals surface area contributed by atoms with Crippen molar-refractivity contribution < 1.29 is 9.84 Å². The molecule has 1 N–H and O–H groups in total. The quantitative estimate of drug-likeness (QED) is 0.838. The first kappa shape index (κ1) is 14.3. The molecule has 0 amide bonds. The average Bonchev–Trinajstić information content (AvgIpc) is 2.18. The fourth-order valence-corrected chi connectivity index (χ4v) is 2.27. The van der Waals surface area contributed by atoms with Crippen molar-refractivity contribution >= 4 is 12.4 Å². The maximum atomic E-state index is 10.3. The molecule has 2 rings (SSSR count). The number of likely N-dealkylation sites (N-methyl/N-ethyl adjacent to an activating group) is 1. The Kier molecular flexibility index (Phi) is 4.07. The molecule has 1 aliphatic rings. The van der Waals surface area contributed by atoms with Crippen molar-refractivity contribution in [3.8, 4) is 5.75 Å². The van der Waals surface area contributed by atoms with Crippen molar-refractivity contribution in [1.29, 1.82) is 0 Å². The molecule has 17 heavy (non-hydrogen) atoms. The molecule has 0 bridgehead atoms. The lowest BCUT2D eigenvalue weighted by Crippen LogP contribution is -2.52. The van der Waals surface area contributed by atoms with Gasteiger partial charge in [0, 0.05) is 5.56 Å². The molecule has 4 heteroatoms. The molecule has 1 aliphatic heterocycles. The highest BCUT2D eigenvalue weighted by Crippen LogP contribution is 2.41. The van der Waals surface area contributed by atoms with Crippen molar-refractivity contribution in [2.45, 2.75) is 31.6 Å². The molecule has 0 saturated heterocycles. The zero-order valence-corrected chi connectivity index (χ0v) is 11.5. The molecule has 0 aromatic heterocycles. The van der Waals surface area contributed by atoms with E-state index in [0.29, 0.717) is 0 Å². The van der Waals surface area contributed by atoms with Crippen molar-refractivity contribution in [1.82, 2.24) is 4.90 Å². The molecule has 0 fully saturated rings. The molecule has 2 unspecified atom stereocenters. The predicted octanol–water partition coefficient (Wildman–Crippen LogP) is 2.24. The highest BCUT2D eigenvalue weighted by Gasteiger charge is 2.43. The number of rotatable bonds is 1. The molecule has 2 atom stereocenters. The van der Waals surface area contributed by atoms with Crippen LogP contribution in [0.15, 0.2) is 24.3 Å². The summed E-state index contributed by atoms with van der Waals surface area (Å²) in [5.41, 5.74) is 0.503. The summed E-state index contributed by atoms with van der Waals surface area (Å²) in [6.07, 6.45) is -0.530. The second-order valence-corrected chi connectivity index (χ2v) is 5.10. The summed E-state index contributed by atoms with van der Waals surface area (Å²) in [7, 11) is 3.96. The second kappa shape index (κ2) is 4.84. The van der Waals surface area contributed by atoms with Gasteiger partial charge in [0.05, 0.1) is 6.04 Å². The van der Waals surface area contributed by atoms with Crippen LogP contribution in [0.25, 0.3) is 0 Å². The minimum absolute atomic E-state index is 0. The third-order valence-corrected chi connectivity index (χ3v) is 3.18. The van der Waals surface area contributed by atoms with Crippen LogP contribution in [0.3, 0.4) is 0 Å². The lowest BCUT2D eigenvalue weighted by molar-refractivity contribution is -0.0848. The highest BCUT2D eigenvalue weighted by atomic mass is 35.5. The number of hydrogen-bond donors (Lipinski definition) is 1. The standard InChI is InChI=1S/C13H19NO2.ClH/c1-13(2)12(15)11(14(3)4)9-7-5-6-8-10(9)16-13;/h5-8,11-12,15H,1-4H3;1H. The third kappa shape index (κ3) is 2.41. The maximum absolute atomic E-state index is 10.3. The van der Waals surface area contributed by atoms with E-state index in [9.17, 15) is 5.11 Å². The van der Waals surface area contributed by atoms with Crippen LogP contribution in [-0.4, -0.2) is 35.8 Å². The van der Waals surface area contributed by atoms with Gasteiger partial charge in [0.1, 0.15) is 17.5 Å². The van der Waals surface area contributed by atoms with Crippen molar-refractivity contribution in [3.05, 3.63) is 29.8 Å². The van der Waals surface area contributed by atoms with Gasteiger partial charge in [-0.3, -0.25) is 4.90 Å². The Bertz CT molecular complexity index is 393. The zero-order valence-electron chi connectivity index (χ0n) is 10.7. The fourth-order valence-electron chi connectivity index (χ4n) is 2.27. The summed E-state index contributed by atoms with van der Waals surface area (Å²) < 4.78 is 5.84. The van der Waals surface area contributed by atoms with Crippen LogP contribution < -0.4 is 4.74 Å². The van der Waals surface area contributed by atoms with Gasteiger partial charge in [-0.05, 0) is 34.0 Å². The smallest absolute Gasteiger partial charge is 0.131 e. The first-order valence-corrected chi connectivity index (χ1v) is 5.56. The average molecular weight is 258 g/mol. The Hall–Kier alpha value is -0.770. The van der Waals surface area contributed by atoms with Crippen LogP contribution >= 0.6 is 12.4 Å². The number of aliphatic hydroxyl groups is 1. The van der Waals surface area contributed by atoms with Crippen LogP contribution in [-0.2, 0) is 0 Å². The Morgan fingerprint density at radius 3 is 2.41 bits per heavy atom. The first-order valence-electron chi connectivity index (χ1n) is 5.56. The van der Waals surface area contributed by atoms with Crippen LogP contribution in [0.2, 0.25) is 0 Å². The van der Waals surface area contributed by atoms with Gasteiger partial charge in [-0.25, -0.2) is 0 Å². The van der Waals surface area contributed by atoms with E-state index in [2.05, 4.69) is 0 Å². The summed E-state index contributed by atoms with van der Waals surface area (Å²) in [6.45, 7) is 3.84. The third-order valence-electron chi connectivity index (χ3n) is 3.18. The number of halogens is 1. The molecule has 1 aromatic carbocycles. The van der Waals surface area contributed by atoms with Crippen molar-refractivity contribution in [3.63, 3.8) is 0 Å². The van der Waals surface area contributed by atoms with Gasteiger partial charge in [0.15, 0.2) is 0 Å². The van der Waals surface area contributed by atoms with Gasteiger partial charge in [0.25, 0.3) is 0 Å². The van der Waals surface area contributed by atoms with Crippen molar-refractivity contribution in [2.75, 3.05) is 14.1 Å². The maximum Gasteiger partial charge on any atom is 0.131 e. The lowest BCUT2D eigenvalue weighted by Gasteiger charge is -2.44. The van der Waals surface area contributed by atoms with Gasteiger partial charge in [0.2, 0.25) is 0 Å². The van der Waals surface area contributed by atoms with E-state index in [1.165, 1.54) is 0 Å². The molecule has 1 aromatic rings. The number of aliphatic hydroxyl groups excluding tert-OH is 1. The van der Waals surface area contributed by atoms with E-state index in [1.807, 2.05) is 57.1 Å². The summed E-state index contributed by atoms with van der Waals surface area (Å²) in [5, 5.41) is 10.3. The minimum Gasteiger partial charge on any atom is -0.485 e. The number of hydrogen-bond acceptors (Lipinski definition) is 3. The van der Waals surface area contributed by atoms with Crippen LogP contribution in [0, 0.1) is 0 Å². The lowest BCUT2D eigenvalue weighted by atomic mass is 9.86. The monoisotopic (exact) mass is 257 g/mol. The molecule has 0 radical (unpaired) electrons. The molecular weight excluding hydrogens is 238 g/mol. The van der Waals surface area contributed by atoms with E-state index in [4.69, 9.17) is 4.74 Å². The van der Waals surface area contributed by atoms with E-state index in [-0.39, 0.29) is 18.4 Å². The molecule has 1 heterocycles. The Balaban J connectivity index is 0.00000144. The fraction of sp³-hybridized carbons (Fsp3) is 0.538. The Morgan fingerprint density at radius 2 is 1.82 bits per heavy atom. The highest BCUT2D eigenvalue weighted by molar-refractivity contribution is 5.85. The van der Waals surface area contributed by atoms with E-state index < -0.39 is 11.7 Å². The predicted molar refractivity (Wildman–Crippen MR) is 70.8 cm³/mol. The largest absolute Gasteiger partial charge is 0.485 e. The summed E-state index contributed by atoms with van der Waals surface area (Å²) in [5.74, 6) is 0.872. The zero-order chi connectivity index (χ0) is 11.9. The van der Waals surface area contributed by atoms with E-state index in [0.717, 1.165) is 11.3 Å². The Morgan fingerprint density at radius 1 is 1.24 bits per heavy atom. The van der Waals surface area contributed by atoms with E-state index >= 15 is 0 Å². The topological polar surface area (TPSA) is 32.7 Å². The Labute approximate surface area is 109 Å². The number of para-hydroxylation sites is 1. The van der Waals surface area contributed by atoms with Gasteiger partial charge >= 0.3 is 0 Å². The molecular formula is C13H20ClNO2. The normalized spacial score (nSPS) is 25.8. The number of nitrogens with zero attached hydrogens (tertiary/aromatic N) is 1. The summed E-state index contributed by atoms with van der Waals surface area (Å²) >= 11 is 0. The SMILES string of the molecule is CN(C)C1c2ccccc2OC(C)(C)C1O.Cl. The molecule has 3 nitrogen and oxygen atoms in total. The number of ether oxygens (including phenoxy) is 1. The van der Waals surface area contributed by atoms with Gasteiger partial charge < -0.3 is 9.84 Å². The van der Waals surface area contributed by atoms with Crippen molar-refractivity contribution in [2.24, 2.45) is 0 Å². The van der Waals surface area contributed by atoms with Gasteiger partial charge in [-0.15, -0.1) is 12.4 Å². The van der Waals surface area contributed by atoms with Gasteiger partial charge in [-0.1, -0.05) is 18.2 Å².